The molecule has 0 saturated carbocycles. The van der Waals surface area contributed by atoms with E-state index in [-0.39, 0.29) is 10.6 Å². The van der Waals surface area contributed by atoms with Gasteiger partial charge < -0.3 is 10.2 Å². The molecule has 1 aliphatic rings. The average Bonchev–Trinajstić information content (AvgIpc) is 2.78. The summed E-state index contributed by atoms with van der Waals surface area (Å²) in [5.41, 5.74) is 0.927. The molecule has 18 heavy (non-hydrogen) atoms. The first kappa shape index (κ1) is 12.8. The van der Waals surface area contributed by atoms with Crippen LogP contribution in [0.1, 0.15) is 12.0 Å². The molecule has 1 aliphatic heterocycles. The Morgan fingerprint density at radius 2 is 2.44 bits per heavy atom. The van der Waals surface area contributed by atoms with Crippen LogP contribution in [0.25, 0.3) is 0 Å². The molecule has 0 spiro atoms. The van der Waals surface area contributed by atoms with E-state index in [1.54, 1.807) is 12.3 Å². The predicted molar refractivity (Wildman–Crippen MR) is 69.9 cm³/mol. The lowest BCUT2D eigenvalue weighted by Gasteiger charge is -2.17. The Bertz CT molecular complexity index is 450. The molecule has 1 atom stereocenters. The highest BCUT2D eigenvalue weighted by Gasteiger charge is 2.28. The number of aromatic nitrogens is 1. The lowest BCUT2D eigenvalue weighted by molar-refractivity contribution is -0.384. The molecule has 0 aromatic carbocycles. The van der Waals surface area contributed by atoms with Crippen molar-refractivity contribution < 1.29 is 4.92 Å². The summed E-state index contributed by atoms with van der Waals surface area (Å²) >= 11 is 0. The summed E-state index contributed by atoms with van der Waals surface area (Å²) in [6.45, 7) is 4.43. The van der Waals surface area contributed by atoms with Gasteiger partial charge in [-0.15, -0.1) is 0 Å². The monoisotopic (exact) mass is 250 g/mol. The van der Waals surface area contributed by atoms with E-state index in [1.165, 1.54) is 0 Å². The molecule has 1 unspecified atom stereocenters. The van der Waals surface area contributed by atoms with Gasteiger partial charge in [-0.25, -0.2) is 4.98 Å². The van der Waals surface area contributed by atoms with Gasteiger partial charge in [0.1, 0.15) is 0 Å². The van der Waals surface area contributed by atoms with Crippen molar-refractivity contribution in [3.05, 3.63) is 27.9 Å². The summed E-state index contributed by atoms with van der Waals surface area (Å²) in [4.78, 5) is 17.0. The first-order valence-electron chi connectivity index (χ1n) is 6.12. The fourth-order valence-electron chi connectivity index (χ4n) is 2.40. The lowest BCUT2D eigenvalue weighted by atomic mass is 10.1. The fraction of sp³-hybridized carbons (Fsp3) is 0.583. The zero-order valence-electron chi connectivity index (χ0n) is 10.7. The van der Waals surface area contributed by atoms with Crippen molar-refractivity contribution in [2.24, 2.45) is 5.92 Å². The van der Waals surface area contributed by atoms with Crippen LogP contribution in [0.2, 0.25) is 0 Å². The number of hydrogen-bond acceptors (Lipinski definition) is 5. The van der Waals surface area contributed by atoms with Gasteiger partial charge in [0.15, 0.2) is 0 Å². The third-order valence-corrected chi connectivity index (χ3v) is 3.26. The Labute approximate surface area is 106 Å². The molecule has 1 N–H and O–H groups in total. The Balaban J connectivity index is 2.21. The standard InChI is InChI=1S/C12H18N4O2/c1-9-5-11(16(17)18)12(14-6-9)15-4-3-10(8-15)7-13-2/h5-6,10,13H,3-4,7-8H2,1-2H3. The maximum Gasteiger partial charge on any atom is 0.311 e. The quantitative estimate of drug-likeness (QED) is 0.645. The van der Waals surface area contributed by atoms with Crippen LogP contribution in [0.5, 0.6) is 0 Å². The van der Waals surface area contributed by atoms with Gasteiger partial charge in [0.2, 0.25) is 5.82 Å². The molecule has 0 radical (unpaired) electrons. The van der Waals surface area contributed by atoms with Crippen molar-refractivity contribution in [1.29, 1.82) is 0 Å². The Hall–Kier alpha value is -1.69. The van der Waals surface area contributed by atoms with Crippen molar-refractivity contribution in [1.82, 2.24) is 10.3 Å². The van der Waals surface area contributed by atoms with Crippen molar-refractivity contribution in [3.63, 3.8) is 0 Å². The van der Waals surface area contributed by atoms with E-state index in [4.69, 9.17) is 0 Å². The van der Waals surface area contributed by atoms with Gasteiger partial charge in [0.25, 0.3) is 0 Å². The lowest BCUT2D eigenvalue weighted by Crippen LogP contribution is -2.25. The Morgan fingerprint density at radius 1 is 1.67 bits per heavy atom. The molecule has 0 aliphatic carbocycles. The molecular weight excluding hydrogens is 232 g/mol. The minimum Gasteiger partial charge on any atom is -0.351 e. The van der Waals surface area contributed by atoms with Crippen LogP contribution in [0.3, 0.4) is 0 Å². The zero-order valence-corrected chi connectivity index (χ0v) is 10.7. The third-order valence-electron chi connectivity index (χ3n) is 3.26. The number of aryl methyl sites for hydroxylation is 1. The van der Waals surface area contributed by atoms with E-state index >= 15 is 0 Å². The number of nitrogens with one attached hydrogen (secondary N) is 1. The number of nitro groups is 1. The minimum absolute atomic E-state index is 0.111. The molecule has 1 aromatic rings. The summed E-state index contributed by atoms with van der Waals surface area (Å²) in [6, 6.07) is 1.59. The first-order chi connectivity index (χ1) is 8.61. The topological polar surface area (TPSA) is 71.3 Å². The highest BCUT2D eigenvalue weighted by Crippen LogP contribution is 2.30. The highest BCUT2D eigenvalue weighted by atomic mass is 16.6. The SMILES string of the molecule is CNCC1CCN(c2ncc(C)cc2[N+](=O)[O-])C1. The maximum absolute atomic E-state index is 11.1. The van der Waals surface area contributed by atoms with Crippen LogP contribution >= 0.6 is 0 Å². The number of rotatable bonds is 4. The highest BCUT2D eigenvalue weighted by molar-refractivity contribution is 5.59. The summed E-state index contributed by atoms with van der Waals surface area (Å²) in [6.07, 6.45) is 2.74. The second-order valence-corrected chi connectivity index (χ2v) is 4.77. The predicted octanol–water partition coefficient (Wildman–Crippen LogP) is 1.34. The van der Waals surface area contributed by atoms with Crippen LogP contribution < -0.4 is 10.2 Å². The molecule has 2 rings (SSSR count). The van der Waals surface area contributed by atoms with Crippen LogP contribution in [0, 0.1) is 23.0 Å². The van der Waals surface area contributed by atoms with Crippen LogP contribution in [0.4, 0.5) is 11.5 Å². The van der Waals surface area contributed by atoms with Gasteiger partial charge in [-0.1, -0.05) is 0 Å². The molecule has 1 aromatic heterocycles. The number of pyridine rings is 1. The van der Waals surface area contributed by atoms with E-state index in [1.807, 2.05) is 18.9 Å². The van der Waals surface area contributed by atoms with E-state index in [0.717, 1.165) is 31.6 Å². The summed E-state index contributed by atoms with van der Waals surface area (Å²) in [5.74, 6) is 1.04. The van der Waals surface area contributed by atoms with Gasteiger partial charge >= 0.3 is 5.69 Å². The third kappa shape index (κ3) is 2.59. The van der Waals surface area contributed by atoms with Crippen molar-refractivity contribution >= 4 is 11.5 Å². The molecule has 1 fully saturated rings. The van der Waals surface area contributed by atoms with Crippen molar-refractivity contribution in [2.45, 2.75) is 13.3 Å². The van der Waals surface area contributed by atoms with E-state index < -0.39 is 0 Å². The molecule has 2 heterocycles. The molecule has 1 saturated heterocycles. The normalized spacial score (nSPS) is 19.2. The smallest absolute Gasteiger partial charge is 0.311 e. The van der Waals surface area contributed by atoms with Crippen molar-refractivity contribution in [3.8, 4) is 0 Å². The van der Waals surface area contributed by atoms with Crippen LogP contribution in [0.15, 0.2) is 12.3 Å². The molecule has 0 amide bonds. The van der Waals surface area contributed by atoms with Gasteiger partial charge in [0, 0.05) is 25.4 Å². The molecule has 0 bridgehead atoms. The van der Waals surface area contributed by atoms with Crippen LogP contribution in [-0.4, -0.2) is 36.6 Å². The Kier molecular flexibility index (Phi) is 3.76. The second kappa shape index (κ2) is 5.30. The first-order valence-corrected chi connectivity index (χ1v) is 6.12. The van der Waals surface area contributed by atoms with Crippen molar-refractivity contribution in [2.75, 3.05) is 31.6 Å². The fourth-order valence-corrected chi connectivity index (χ4v) is 2.40. The molecular formula is C12H18N4O2. The molecule has 6 nitrogen and oxygen atoms in total. The largest absolute Gasteiger partial charge is 0.351 e. The molecule has 98 valence electrons. The maximum atomic E-state index is 11.1. The molecule has 6 heteroatoms. The average molecular weight is 250 g/mol. The summed E-state index contributed by atoms with van der Waals surface area (Å²) in [5, 5.41) is 14.2. The van der Waals surface area contributed by atoms with Gasteiger partial charge in [-0.05, 0) is 38.4 Å². The van der Waals surface area contributed by atoms with E-state index in [0.29, 0.717) is 11.7 Å². The van der Waals surface area contributed by atoms with Gasteiger partial charge in [-0.3, -0.25) is 10.1 Å². The number of anilines is 1. The minimum atomic E-state index is -0.346. The van der Waals surface area contributed by atoms with Gasteiger partial charge in [0.05, 0.1) is 4.92 Å². The second-order valence-electron chi connectivity index (χ2n) is 4.77. The summed E-state index contributed by atoms with van der Waals surface area (Å²) in [7, 11) is 1.93. The van der Waals surface area contributed by atoms with Gasteiger partial charge in [-0.2, -0.15) is 0 Å². The zero-order chi connectivity index (χ0) is 13.1. The van der Waals surface area contributed by atoms with E-state index in [2.05, 4.69) is 10.3 Å². The summed E-state index contributed by atoms with van der Waals surface area (Å²) < 4.78 is 0. The number of hydrogen-bond donors (Lipinski definition) is 1. The van der Waals surface area contributed by atoms with E-state index in [9.17, 15) is 10.1 Å². The number of nitrogens with zero attached hydrogens (tertiary/aromatic N) is 3. The Morgan fingerprint density at radius 3 is 3.11 bits per heavy atom. The van der Waals surface area contributed by atoms with Crippen LogP contribution in [-0.2, 0) is 0 Å².